The summed E-state index contributed by atoms with van der Waals surface area (Å²) in [6, 6.07) is 3.60. The first-order valence-corrected chi connectivity index (χ1v) is 7.52. The van der Waals surface area contributed by atoms with Gasteiger partial charge in [-0.25, -0.2) is 8.78 Å². The van der Waals surface area contributed by atoms with E-state index in [1.165, 1.54) is 24.6 Å². The van der Waals surface area contributed by atoms with Crippen LogP contribution in [-0.2, 0) is 11.3 Å². The van der Waals surface area contributed by atoms with Gasteiger partial charge in [0.1, 0.15) is 11.6 Å². The molecule has 1 fully saturated rings. The smallest absolute Gasteiger partial charge is 0.246 e. The quantitative estimate of drug-likeness (QED) is 0.797. The lowest BCUT2D eigenvalue weighted by atomic mass is 10.2. The maximum absolute atomic E-state index is 13.5. The summed E-state index contributed by atoms with van der Waals surface area (Å²) >= 11 is 0. The third-order valence-electron chi connectivity index (χ3n) is 3.85. The molecule has 0 spiro atoms. The number of aromatic nitrogens is 2. The number of nitrogens with zero attached hydrogens (tertiary/aromatic N) is 4. The zero-order chi connectivity index (χ0) is 16.9. The van der Waals surface area contributed by atoms with Gasteiger partial charge in [-0.1, -0.05) is 11.2 Å². The van der Waals surface area contributed by atoms with Crippen LogP contribution in [0.1, 0.15) is 11.4 Å². The van der Waals surface area contributed by atoms with E-state index < -0.39 is 11.6 Å². The first kappa shape index (κ1) is 16.3. The predicted molar refractivity (Wildman–Crippen MR) is 81.5 cm³/mol. The van der Waals surface area contributed by atoms with Crippen LogP contribution >= 0.6 is 0 Å². The molecule has 0 saturated carbocycles. The Morgan fingerprint density at radius 3 is 2.54 bits per heavy atom. The number of piperazine rings is 1. The number of hydrogen-bond donors (Lipinski definition) is 0. The molecule has 126 valence electrons. The fraction of sp³-hybridized carbons (Fsp3) is 0.312. The van der Waals surface area contributed by atoms with E-state index in [4.69, 9.17) is 0 Å². The average molecular weight is 334 g/mol. The highest BCUT2D eigenvalue weighted by molar-refractivity contribution is 5.91. The molecule has 0 N–H and O–H groups in total. The Hall–Kier alpha value is -2.61. The van der Waals surface area contributed by atoms with E-state index in [0.717, 1.165) is 12.1 Å². The lowest BCUT2D eigenvalue weighted by molar-refractivity contribution is -0.127. The molecule has 1 amide bonds. The number of halogens is 2. The number of rotatable bonds is 4. The Labute approximate surface area is 137 Å². The molecule has 2 heterocycles. The highest BCUT2D eigenvalue weighted by Gasteiger charge is 2.20. The van der Waals surface area contributed by atoms with Crippen LogP contribution in [0.5, 0.6) is 0 Å². The van der Waals surface area contributed by atoms with Crippen LogP contribution in [0.2, 0.25) is 0 Å². The van der Waals surface area contributed by atoms with Crippen LogP contribution in [0.3, 0.4) is 0 Å². The summed E-state index contributed by atoms with van der Waals surface area (Å²) in [5.41, 5.74) is -0.207. The molecule has 1 aromatic carbocycles. The average Bonchev–Trinajstić information content (AvgIpc) is 3.08. The van der Waals surface area contributed by atoms with E-state index in [9.17, 15) is 13.6 Å². The summed E-state index contributed by atoms with van der Waals surface area (Å²) in [5, 5.41) is 3.75. The minimum Gasteiger partial charge on any atom is -0.343 e. The molecule has 3 rings (SSSR count). The topological polar surface area (TPSA) is 62.5 Å². The Balaban J connectivity index is 1.54. The molecule has 0 radical (unpaired) electrons. The van der Waals surface area contributed by atoms with Crippen LogP contribution in [0.25, 0.3) is 6.08 Å². The Morgan fingerprint density at radius 1 is 1.21 bits per heavy atom. The molecular formula is C16H16F2N4O2. The van der Waals surface area contributed by atoms with Crippen molar-refractivity contribution in [2.75, 3.05) is 26.2 Å². The minimum absolute atomic E-state index is 0.207. The van der Waals surface area contributed by atoms with Gasteiger partial charge in [-0.05, 0) is 18.2 Å². The molecule has 0 atom stereocenters. The third kappa shape index (κ3) is 3.83. The second-order valence-electron chi connectivity index (χ2n) is 5.42. The fourth-order valence-electron chi connectivity index (χ4n) is 2.52. The second kappa shape index (κ2) is 7.31. The molecule has 1 aliphatic rings. The van der Waals surface area contributed by atoms with Gasteiger partial charge in [-0.15, -0.1) is 0 Å². The molecule has 0 bridgehead atoms. The first-order valence-electron chi connectivity index (χ1n) is 7.52. The van der Waals surface area contributed by atoms with Crippen molar-refractivity contribution in [3.05, 3.63) is 53.7 Å². The Morgan fingerprint density at radius 2 is 1.92 bits per heavy atom. The third-order valence-corrected chi connectivity index (χ3v) is 3.85. The highest BCUT2D eigenvalue weighted by atomic mass is 19.1. The Kier molecular flexibility index (Phi) is 4.95. The van der Waals surface area contributed by atoms with Gasteiger partial charge in [-0.2, -0.15) is 4.98 Å². The Bertz CT molecular complexity index is 705. The van der Waals surface area contributed by atoms with E-state index in [1.807, 2.05) is 0 Å². The lowest BCUT2D eigenvalue weighted by Crippen LogP contribution is -2.47. The SMILES string of the molecule is O=C(C=Cc1c(F)cccc1F)N1CCN(Cc2ncon2)CC1. The molecule has 0 unspecified atom stereocenters. The number of benzene rings is 1. The molecule has 24 heavy (non-hydrogen) atoms. The molecular weight excluding hydrogens is 318 g/mol. The second-order valence-corrected chi connectivity index (χ2v) is 5.42. The van der Waals surface area contributed by atoms with Gasteiger partial charge >= 0.3 is 0 Å². The monoisotopic (exact) mass is 334 g/mol. The van der Waals surface area contributed by atoms with Gasteiger partial charge in [0.05, 0.1) is 6.54 Å². The molecule has 0 aliphatic carbocycles. The maximum Gasteiger partial charge on any atom is 0.246 e. The maximum atomic E-state index is 13.5. The summed E-state index contributed by atoms with van der Waals surface area (Å²) in [4.78, 5) is 19.9. The van der Waals surface area contributed by atoms with E-state index in [-0.39, 0.29) is 11.5 Å². The number of carbonyl (C=O) groups excluding carboxylic acids is 1. The van der Waals surface area contributed by atoms with Gasteiger partial charge in [-0.3, -0.25) is 9.69 Å². The zero-order valence-electron chi connectivity index (χ0n) is 12.9. The van der Waals surface area contributed by atoms with Crippen LogP contribution in [0.15, 0.2) is 35.2 Å². The summed E-state index contributed by atoms with van der Waals surface area (Å²) in [7, 11) is 0. The van der Waals surface area contributed by atoms with E-state index in [0.29, 0.717) is 38.5 Å². The normalized spacial score (nSPS) is 16.0. The molecule has 2 aromatic rings. The molecule has 1 aromatic heterocycles. The lowest BCUT2D eigenvalue weighted by Gasteiger charge is -2.33. The number of carbonyl (C=O) groups is 1. The summed E-state index contributed by atoms with van der Waals surface area (Å²) in [6.07, 6.45) is 3.66. The van der Waals surface area contributed by atoms with Crippen molar-refractivity contribution >= 4 is 12.0 Å². The van der Waals surface area contributed by atoms with Crippen molar-refractivity contribution in [1.82, 2.24) is 19.9 Å². The molecule has 1 saturated heterocycles. The van der Waals surface area contributed by atoms with Crippen LogP contribution in [0, 0.1) is 11.6 Å². The van der Waals surface area contributed by atoms with Gasteiger partial charge in [0.15, 0.2) is 5.82 Å². The number of hydrogen-bond acceptors (Lipinski definition) is 5. The van der Waals surface area contributed by atoms with Crippen molar-refractivity contribution in [3.63, 3.8) is 0 Å². The van der Waals surface area contributed by atoms with Crippen LogP contribution in [-0.4, -0.2) is 52.0 Å². The van der Waals surface area contributed by atoms with Crippen LogP contribution in [0.4, 0.5) is 8.78 Å². The highest BCUT2D eigenvalue weighted by Crippen LogP contribution is 2.14. The molecule has 6 nitrogen and oxygen atoms in total. The largest absolute Gasteiger partial charge is 0.343 e. The predicted octanol–water partition coefficient (Wildman–Crippen LogP) is 1.71. The molecule has 1 aliphatic heterocycles. The van der Waals surface area contributed by atoms with Gasteiger partial charge in [0, 0.05) is 37.8 Å². The van der Waals surface area contributed by atoms with Crippen molar-refractivity contribution in [3.8, 4) is 0 Å². The first-order chi connectivity index (χ1) is 11.6. The molecule has 8 heteroatoms. The van der Waals surface area contributed by atoms with Crippen molar-refractivity contribution in [2.24, 2.45) is 0 Å². The van der Waals surface area contributed by atoms with Gasteiger partial charge in [0.25, 0.3) is 0 Å². The van der Waals surface area contributed by atoms with Gasteiger partial charge < -0.3 is 9.42 Å². The van der Waals surface area contributed by atoms with Crippen molar-refractivity contribution in [1.29, 1.82) is 0 Å². The zero-order valence-corrected chi connectivity index (χ0v) is 12.9. The van der Waals surface area contributed by atoms with Gasteiger partial charge in [0.2, 0.25) is 12.3 Å². The summed E-state index contributed by atoms with van der Waals surface area (Å²) in [6.45, 7) is 2.96. The van der Waals surface area contributed by atoms with Crippen molar-refractivity contribution < 1.29 is 18.1 Å². The number of amides is 1. The van der Waals surface area contributed by atoms with E-state index in [1.54, 1.807) is 4.90 Å². The minimum atomic E-state index is -0.691. The standard InChI is InChI=1S/C16H16F2N4O2/c17-13-2-1-3-14(18)12(13)4-5-16(23)22-8-6-21(7-9-22)10-15-19-11-24-20-15/h1-5,11H,6-10H2. The van der Waals surface area contributed by atoms with Crippen molar-refractivity contribution in [2.45, 2.75) is 6.54 Å². The summed E-state index contributed by atoms with van der Waals surface area (Å²) < 4.78 is 31.8. The summed E-state index contributed by atoms with van der Waals surface area (Å²) in [5.74, 6) is -1.05. The van der Waals surface area contributed by atoms with E-state index >= 15 is 0 Å². The van der Waals surface area contributed by atoms with E-state index in [2.05, 4.69) is 19.6 Å². The fourth-order valence-corrected chi connectivity index (χ4v) is 2.52. The van der Waals surface area contributed by atoms with Crippen LogP contribution < -0.4 is 0 Å².